The number of morpholine rings is 1. The van der Waals surface area contributed by atoms with Crippen molar-refractivity contribution in [1.29, 1.82) is 0 Å². The first-order chi connectivity index (χ1) is 10.8. The molecule has 0 aliphatic carbocycles. The summed E-state index contributed by atoms with van der Waals surface area (Å²) >= 11 is 4.70. The van der Waals surface area contributed by atoms with Gasteiger partial charge in [-0.25, -0.2) is 0 Å². The molecular formula is C15H22N4O2S. The van der Waals surface area contributed by atoms with Crippen molar-refractivity contribution in [3.05, 3.63) is 29.8 Å². The quantitative estimate of drug-likeness (QED) is 0.337. The number of hydrogen-bond acceptors (Lipinski definition) is 5. The zero-order valence-corrected chi connectivity index (χ0v) is 13.3. The molecule has 6 nitrogen and oxygen atoms in total. The van der Waals surface area contributed by atoms with Gasteiger partial charge in [-0.05, 0) is 30.8 Å². The first kappa shape index (κ1) is 16.7. The smallest absolute Gasteiger partial charge is 0.184 e. The van der Waals surface area contributed by atoms with Gasteiger partial charge in [0.25, 0.3) is 0 Å². The molecule has 1 fully saturated rings. The number of hydrogen-bond donors (Lipinski definition) is 2. The summed E-state index contributed by atoms with van der Waals surface area (Å²) in [6.45, 7) is 5.38. The van der Waals surface area contributed by atoms with Crippen LogP contribution in [-0.4, -0.2) is 55.7 Å². The van der Waals surface area contributed by atoms with Crippen molar-refractivity contribution in [2.75, 3.05) is 39.5 Å². The van der Waals surface area contributed by atoms with Crippen molar-refractivity contribution in [1.82, 2.24) is 10.3 Å². The molecule has 0 unspecified atom stereocenters. The van der Waals surface area contributed by atoms with E-state index in [1.165, 1.54) is 0 Å². The van der Waals surface area contributed by atoms with Crippen LogP contribution >= 0.6 is 12.2 Å². The van der Waals surface area contributed by atoms with Crippen LogP contribution in [0.3, 0.4) is 0 Å². The van der Waals surface area contributed by atoms with Crippen molar-refractivity contribution >= 4 is 23.5 Å². The van der Waals surface area contributed by atoms with Crippen molar-refractivity contribution in [2.24, 2.45) is 10.8 Å². The van der Waals surface area contributed by atoms with Crippen LogP contribution in [0.2, 0.25) is 0 Å². The predicted molar refractivity (Wildman–Crippen MR) is 91.3 cm³/mol. The Morgan fingerprint density at radius 1 is 1.41 bits per heavy atom. The molecule has 1 saturated heterocycles. The van der Waals surface area contributed by atoms with E-state index in [0.29, 0.717) is 6.61 Å². The third-order valence-electron chi connectivity index (χ3n) is 3.28. The molecule has 22 heavy (non-hydrogen) atoms. The maximum atomic E-state index is 5.84. The van der Waals surface area contributed by atoms with Gasteiger partial charge in [-0.15, -0.1) is 0 Å². The summed E-state index contributed by atoms with van der Waals surface area (Å²) in [7, 11) is 0. The number of hydrazone groups is 1. The number of nitrogens with one attached hydrogen (secondary N) is 1. The van der Waals surface area contributed by atoms with Crippen molar-refractivity contribution in [3.63, 3.8) is 0 Å². The van der Waals surface area contributed by atoms with E-state index in [1.807, 2.05) is 24.3 Å². The summed E-state index contributed by atoms with van der Waals surface area (Å²) in [6, 6.07) is 7.73. The van der Waals surface area contributed by atoms with E-state index >= 15 is 0 Å². The number of para-hydroxylation sites is 1. The Hall–Kier alpha value is -1.70. The minimum Gasteiger partial charge on any atom is -0.493 e. The highest BCUT2D eigenvalue weighted by Gasteiger charge is 2.09. The number of nitrogens with zero attached hydrogens (tertiary/aromatic N) is 2. The van der Waals surface area contributed by atoms with Gasteiger partial charge in [-0.1, -0.05) is 12.1 Å². The highest BCUT2D eigenvalue weighted by molar-refractivity contribution is 7.80. The SMILES string of the molecule is NC(=S)NN=Cc1ccccc1OCCCN1CCOCC1. The van der Waals surface area contributed by atoms with Gasteiger partial charge in [0.15, 0.2) is 5.11 Å². The van der Waals surface area contributed by atoms with E-state index in [0.717, 1.165) is 50.6 Å². The van der Waals surface area contributed by atoms with E-state index in [4.69, 9.17) is 27.4 Å². The lowest BCUT2D eigenvalue weighted by Crippen LogP contribution is -2.37. The summed E-state index contributed by atoms with van der Waals surface area (Å²) < 4.78 is 11.2. The molecule has 0 radical (unpaired) electrons. The minimum absolute atomic E-state index is 0.139. The highest BCUT2D eigenvalue weighted by atomic mass is 32.1. The van der Waals surface area contributed by atoms with E-state index in [1.54, 1.807) is 6.21 Å². The summed E-state index contributed by atoms with van der Waals surface area (Å²) in [5.41, 5.74) is 8.75. The maximum absolute atomic E-state index is 5.84. The molecule has 1 aliphatic rings. The van der Waals surface area contributed by atoms with Crippen LogP contribution in [0.15, 0.2) is 29.4 Å². The van der Waals surface area contributed by atoms with Crippen LogP contribution in [0.1, 0.15) is 12.0 Å². The molecule has 0 saturated carbocycles. The lowest BCUT2D eigenvalue weighted by molar-refractivity contribution is 0.0358. The van der Waals surface area contributed by atoms with E-state index in [2.05, 4.69) is 15.4 Å². The normalized spacial score (nSPS) is 15.8. The van der Waals surface area contributed by atoms with Crippen LogP contribution in [0.5, 0.6) is 5.75 Å². The van der Waals surface area contributed by atoms with Gasteiger partial charge in [-0.3, -0.25) is 10.3 Å². The number of benzene rings is 1. The van der Waals surface area contributed by atoms with Crippen LogP contribution in [0.25, 0.3) is 0 Å². The van der Waals surface area contributed by atoms with Gasteiger partial charge in [0.05, 0.1) is 26.0 Å². The fourth-order valence-electron chi connectivity index (χ4n) is 2.18. The van der Waals surface area contributed by atoms with Gasteiger partial charge >= 0.3 is 0 Å². The fraction of sp³-hybridized carbons (Fsp3) is 0.467. The average Bonchev–Trinajstić information content (AvgIpc) is 2.53. The Kier molecular flexibility index (Phi) is 7.08. The molecule has 0 bridgehead atoms. The third kappa shape index (κ3) is 5.97. The van der Waals surface area contributed by atoms with Gasteiger partial charge in [-0.2, -0.15) is 5.10 Å². The van der Waals surface area contributed by atoms with Gasteiger partial charge in [0.2, 0.25) is 0 Å². The minimum atomic E-state index is 0.139. The third-order valence-corrected chi connectivity index (χ3v) is 3.37. The van der Waals surface area contributed by atoms with Crippen LogP contribution in [0.4, 0.5) is 0 Å². The molecule has 0 aromatic heterocycles. The number of rotatable bonds is 7. The maximum Gasteiger partial charge on any atom is 0.184 e. The zero-order chi connectivity index (χ0) is 15.6. The van der Waals surface area contributed by atoms with Crippen LogP contribution in [0, 0.1) is 0 Å². The predicted octanol–water partition coefficient (Wildman–Crippen LogP) is 0.955. The molecule has 1 heterocycles. The highest BCUT2D eigenvalue weighted by Crippen LogP contribution is 2.16. The standard InChI is InChI=1S/C15H22N4O2S/c16-15(22)18-17-12-13-4-1-2-5-14(13)21-9-3-6-19-7-10-20-11-8-19/h1-2,4-5,12H,3,6-11H2,(H3,16,18,22). The molecular weight excluding hydrogens is 300 g/mol. The molecule has 0 amide bonds. The summed E-state index contributed by atoms with van der Waals surface area (Å²) in [6.07, 6.45) is 2.63. The average molecular weight is 322 g/mol. The molecule has 0 spiro atoms. The molecule has 0 atom stereocenters. The second kappa shape index (κ2) is 9.34. The fourth-order valence-corrected chi connectivity index (χ4v) is 2.23. The Bertz CT molecular complexity index is 504. The lowest BCUT2D eigenvalue weighted by atomic mass is 10.2. The van der Waals surface area contributed by atoms with Gasteiger partial charge < -0.3 is 15.2 Å². The monoisotopic (exact) mass is 322 g/mol. The Balaban J connectivity index is 1.76. The largest absolute Gasteiger partial charge is 0.493 e. The van der Waals surface area contributed by atoms with Crippen molar-refractivity contribution < 1.29 is 9.47 Å². The molecule has 1 aromatic rings. The second-order valence-corrected chi connectivity index (χ2v) is 5.37. The molecule has 7 heteroatoms. The Labute approximate surface area is 136 Å². The number of ether oxygens (including phenoxy) is 2. The molecule has 1 aromatic carbocycles. The summed E-state index contributed by atoms with van der Waals surface area (Å²) in [5.74, 6) is 0.804. The van der Waals surface area contributed by atoms with E-state index in [-0.39, 0.29) is 5.11 Å². The molecule has 2 rings (SSSR count). The van der Waals surface area contributed by atoms with Crippen molar-refractivity contribution in [2.45, 2.75) is 6.42 Å². The second-order valence-electron chi connectivity index (χ2n) is 4.93. The summed E-state index contributed by atoms with van der Waals surface area (Å²) in [4.78, 5) is 2.40. The Morgan fingerprint density at radius 2 is 2.18 bits per heavy atom. The molecule has 3 N–H and O–H groups in total. The van der Waals surface area contributed by atoms with Crippen LogP contribution < -0.4 is 15.9 Å². The molecule has 120 valence electrons. The first-order valence-electron chi connectivity index (χ1n) is 7.36. The topological polar surface area (TPSA) is 72.1 Å². The zero-order valence-electron chi connectivity index (χ0n) is 12.5. The van der Waals surface area contributed by atoms with Gasteiger partial charge in [0.1, 0.15) is 5.75 Å². The lowest BCUT2D eigenvalue weighted by Gasteiger charge is -2.26. The van der Waals surface area contributed by atoms with Gasteiger partial charge in [0, 0.05) is 25.2 Å². The van der Waals surface area contributed by atoms with E-state index < -0.39 is 0 Å². The van der Waals surface area contributed by atoms with E-state index in [9.17, 15) is 0 Å². The Morgan fingerprint density at radius 3 is 2.95 bits per heavy atom. The summed E-state index contributed by atoms with van der Waals surface area (Å²) in [5, 5.41) is 4.10. The number of thiocarbonyl (C=S) groups is 1. The van der Waals surface area contributed by atoms with Crippen molar-refractivity contribution in [3.8, 4) is 5.75 Å². The first-order valence-corrected chi connectivity index (χ1v) is 7.77. The van der Waals surface area contributed by atoms with Crippen LogP contribution in [-0.2, 0) is 4.74 Å². The number of nitrogens with two attached hydrogens (primary N) is 1. The molecule has 1 aliphatic heterocycles.